The summed E-state index contributed by atoms with van der Waals surface area (Å²) in [5.74, 6) is 0.483. The lowest BCUT2D eigenvalue weighted by atomic mass is 10.0. The predicted molar refractivity (Wildman–Crippen MR) is 117 cm³/mol. The summed E-state index contributed by atoms with van der Waals surface area (Å²) in [5.41, 5.74) is 5.46. The van der Waals surface area contributed by atoms with Crippen LogP contribution in [-0.4, -0.2) is 29.9 Å². The summed E-state index contributed by atoms with van der Waals surface area (Å²) >= 11 is 1.69. The third-order valence-corrected chi connectivity index (χ3v) is 5.64. The molecule has 1 aromatic heterocycles. The van der Waals surface area contributed by atoms with Crippen LogP contribution in [-0.2, 0) is 13.1 Å². The summed E-state index contributed by atoms with van der Waals surface area (Å²) in [7, 11) is 3.73. The van der Waals surface area contributed by atoms with Crippen LogP contribution in [0.3, 0.4) is 0 Å². The van der Waals surface area contributed by atoms with Gasteiger partial charge in [0.05, 0.1) is 5.69 Å². The van der Waals surface area contributed by atoms with Crippen LogP contribution < -0.4 is 5.32 Å². The summed E-state index contributed by atoms with van der Waals surface area (Å²) < 4.78 is 0. The largest absolute Gasteiger partial charge is 0.355 e. The number of nitrogens with zero attached hydrogens (tertiary/aromatic N) is 2. The van der Waals surface area contributed by atoms with Crippen LogP contribution in [0, 0.1) is 0 Å². The van der Waals surface area contributed by atoms with Crippen molar-refractivity contribution in [2.24, 2.45) is 0 Å². The van der Waals surface area contributed by atoms with Gasteiger partial charge in [-0.1, -0.05) is 50.2 Å². The topological polar surface area (TPSA) is 45.2 Å². The highest BCUT2D eigenvalue weighted by molar-refractivity contribution is 7.13. The van der Waals surface area contributed by atoms with Crippen molar-refractivity contribution in [2.75, 3.05) is 14.1 Å². The third-order valence-electron chi connectivity index (χ3n) is 4.70. The van der Waals surface area contributed by atoms with Gasteiger partial charge in [-0.15, -0.1) is 11.3 Å². The molecule has 4 nitrogen and oxygen atoms in total. The molecule has 3 rings (SSSR count). The van der Waals surface area contributed by atoms with Crippen molar-refractivity contribution in [1.29, 1.82) is 0 Å². The monoisotopic (exact) mass is 393 g/mol. The van der Waals surface area contributed by atoms with Gasteiger partial charge < -0.3 is 5.32 Å². The summed E-state index contributed by atoms with van der Waals surface area (Å²) in [6, 6.07) is 16.4. The number of benzene rings is 2. The first kappa shape index (κ1) is 20.2. The van der Waals surface area contributed by atoms with Crippen molar-refractivity contribution in [1.82, 2.24) is 15.2 Å². The molecule has 5 heteroatoms. The van der Waals surface area contributed by atoms with Crippen LogP contribution in [0.15, 0.2) is 53.9 Å². The van der Waals surface area contributed by atoms with Gasteiger partial charge in [-0.25, -0.2) is 4.98 Å². The Labute approximate surface area is 171 Å². The number of hydrogen-bond acceptors (Lipinski definition) is 4. The average molecular weight is 394 g/mol. The van der Waals surface area contributed by atoms with Gasteiger partial charge in [0, 0.05) is 36.6 Å². The molecule has 1 amide bonds. The second kappa shape index (κ2) is 9.13. The van der Waals surface area contributed by atoms with Crippen LogP contribution >= 0.6 is 11.3 Å². The zero-order valence-electron chi connectivity index (χ0n) is 16.9. The summed E-state index contributed by atoms with van der Waals surface area (Å²) in [6.07, 6.45) is 0. The number of aromatic nitrogens is 1. The third kappa shape index (κ3) is 5.06. The quantitative estimate of drug-likeness (QED) is 0.619. The zero-order valence-corrected chi connectivity index (χ0v) is 17.7. The van der Waals surface area contributed by atoms with E-state index in [0.29, 0.717) is 11.5 Å². The van der Waals surface area contributed by atoms with Crippen molar-refractivity contribution in [3.63, 3.8) is 0 Å². The molecule has 146 valence electrons. The first-order valence-electron chi connectivity index (χ1n) is 9.50. The van der Waals surface area contributed by atoms with Gasteiger partial charge in [0.15, 0.2) is 0 Å². The molecule has 0 aliphatic rings. The summed E-state index contributed by atoms with van der Waals surface area (Å²) in [4.78, 5) is 18.7. The van der Waals surface area contributed by atoms with Crippen molar-refractivity contribution in [2.45, 2.75) is 32.9 Å². The van der Waals surface area contributed by atoms with E-state index in [2.05, 4.69) is 60.8 Å². The summed E-state index contributed by atoms with van der Waals surface area (Å²) in [5, 5.41) is 5.84. The van der Waals surface area contributed by atoms with Gasteiger partial charge in [-0.2, -0.15) is 0 Å². The molecule has 0 atom stereocenters. The highest BCUT2D eigenvalue weighted by Gasteiger charge is 2.09. The fraction of sp³-hybridized carbons (Fsp3) is 0.304. The zero-order chi connectivity index (χ0) is 20.1. The Balaban J connectivity index is 1.60. The molecule has 0 spiro atoms. The minimum atomic E-state index is -0.0589. The van der Waals surface area contributed by atoms with Crippen molar-refractivity contribution in [3.8, 4) is 10.6 Å². The highest BCUT2D eigenvalue weighted by atomic mass is 32.1. The molecule has 0 bridgehead atoms. The minimum Gasteiger partial charge on any atom is -0.355 e. The van der Waals surface area contributed by atoms with E-state index in [9.17, 15) is 4.79 Å². The number of carbonyl (C=O) groups excluding carboxylic acids is 1. The molecule has 1 N–H and O–H groups in total. The molecule has 28 heavy (non-hydrogen) atoms. The molecule has 0 radical (unpaired) electrons. The van der Waals surface area contributed by atoms with Gasteiger partial charge in [-0.3, -0.25) is 9.69 Å². The minimum absolute atomic E-state index is 0.0589. The van der Waals surface area contributed by atoms with E-state index in [1.54, 1.807) is 18.4 Å². The fourth-order valence-electron chi connectivity index (χ4n) is 3.07. The van der Waals surface area contributed by atoms with Crippen LogP contribution in [0.2, 0.25) is 0 Å². The molecule has 1 heterocycles. The second-order valence-electron chi connectivity index (χ2n) is 7.37. The average Bonchev–Trinajstić information content (AvgIpc) is 3.16. The lowest BCUT2D eigenvalue weighted by Crippen LogP contribution is -2.19. The van der Waals surface area contributed by atoms with Crippen molar-refractivity contribution >= 4 is 17.2 Å². The Morgan fingerprint density at radius 2 is 1.75 bits per heavy atom. The maximum Gasteiger partial charge on any atom is 0.251 e. The number of carbonyl (C=O) groups is 1. The Morgan fingerprint density at radius 3 is 2.36 bits per heavy atom. The Kier molecular flexibility index (Phi) is 6.60. The van der Waals surface area contributed by atoms with Crippen molar-refractivity contribution < 1.29 is 4.79 Å². The molecule has 0 unspecified atom stereocenters. The van der Waals surface area contributed by atoms with E-state index >= 15 is 0 Å². The maximum absolute atomic E-state index is 11.6. The van der Waals surface area contributed by atoms with Gasteiger partial charge in [0.25, 0.3) is 5.91 Å². The molecule has 2 aromatic carbocycles. The van der Waals surface area contributed by atoms with E-state index in [0.717, 1.165) is 23.8 Å². The van der Waals surface area contributed by atoms with E-state index in [1.165, 1.54) is 16.7 Å². The van der Waals surface area contributed by atoms with E-state index in [1.807, 2.05) is 24.3 Å². The predicted octanol–water partition coefficient (Wildman–Crippen LogP) is 4.93. The van der Waals surface area contributed by atoms with Gasteiger partial charge in [0.1, 0.15) is 5.01 Å². The molecule has 0 aliphatic carbocycles. The summed E-state index contributed by atoms with van der Waals surface area (Å²) in [6.45, 7) is 6.01. The molecular weight excluding hydrogens is 366 g/mol. The van der Waals surface area contributed by atoms with Crippen LogP contribution in [0.25, 0.3) is 10.6 Å². The lowest BCUT2D eigenvalue weighted by Gasteiger charge is -2.15. The SMILES string of the molecule is CNC(=O)c1ccc(CN(C)Cc2csc(-c3ccc(C(C)C)cc3)n2)cc1. The number of nitrogens with one attached hydrogen (secondary N) is 1. The van der Waals surface area contributed by atoms with Crippen LogP contribution in [0.5, 0.6) is 0 Å². The van der Waals surface area contributed by atoms with Gasteiger partial charge in [-0.05, 0) is 36.2 Å². The maximum atomic E-state index is 11.6. The molecule has 0 saturated heterocycles. The van der Waals surface area contributed by atoms with Crippen molar-refractivity contribution in [3.05, 3.63) is 76.3 Å². The number of thiazole rings is 1. The second-order valence-corrected chi connectivity index (χ2v) is 8.23. The lowest BCUT2D eigenvalue weighted by molar-refractivity contribution is 0.0963. The first-order chi connectivity index (χ1) is 13.5. The smallest absolute Gasteiger partial charge is 0.251 e. The Morgan fingerprint density at radius 1 is 1.07 bits per heavy atom. The van der Waals surface area contributed by atoms with E-state index in [-0.39, 0.29) is 5.91 Å². The standard InChI is InChI=1S/C23H27N3OS/c1-16(2)18-9-11-20(12-10-18)23-25-21(15-28-23)14-26(4)13-17-5-7-19(8-6-17)22(27)24-3/h5-12,15-16H,13-14H2,1-4H3,(H,24,27). The first-order valence-corrected chi connectivity index (χ1v) is 10.4. The van der Waals surface area contributed by atoms with Gasteiger partial charge in [0.2, 0.25) is 0 Å². The molecule has 0 saturated carbocycles. The number of rotatable bonds is 7. The molecule has 0 fully saturated rings. The number of hydrogen-bond donors (Lipinski definition) is 1. The van der Waals surface area contributed by atoms with E-state index in [4.69, 9.17) is 4.98 Å². The van der Waals surface area contributed by atoms with Crippen LogP contribution in [0.4, 0.5) is 0 Å². The highest BCUT2D eigenvalue weighted by Crippen LogP contribution is 2.26. The van der Waals surface area contributed by atoms with E-state index < -0.39 is 0 Å². The molecule has 3 aromatic rings. The molecular formula is C23H27N3OS. The van der Waals surface area contributed by atoms with Crippen LogP contribution in [0.1, 0.15) is 46.9 Å². The Bertz CT molecular complexity index is 914. The number of amides is 1. The normalized spacial score (nSPS) is 11.2. The molecule has 0 aliphatic heterocycles. The van der Waals surface area contributed by atoms with Gasteiger partial charge >= 0.3 is 0 Å². The Hall–Kier alpha value is -2.50. The fourth-order valence-corrected chi connectivity index (χ4v) is 3.89.